The molecule has 20 heavy (non-hydrogen) atoms. The second-order valence-electron chi connectivity index (χ2n) is 4.63. The number of hydrogen-bond donors (Lipinski definition) is 1. The molecule has 0 saturated carbocycles. The first-order valence-corrected chi connectivity index (χ1v) is 6.47. The first-order valence-electron chi connectivity index (χ1n) is 6.47. The standard InChI is InChI=1S/C15H17FN2O2/c1-18(12-6-8-20-10-12)15(19)13-9-11(3-2-7-17)4-5-14(13)16/h4-5,9,12H,6-8,10,17H2,1H3. The second-order valence-corrected chi connectivity index (χ2v) is 4.63. The zero-order valence-corrected chi connectivity index (χ0v) is 11.4. The van der Waals surface area contributed by atoms with E-state index in [0.29, 0.717) is 18.8 Å². The van der Waals surface area contributed by atoms with Gasteiger partial charge in [-0.25, -0.2) is 4.39 Å². The third kappa shape index (κ3) is 3.16. The van der Waals surface area contributed by atoms with Crippen molar-refractivity contribution < 1.29 is 13.9 Å². The monoisotopic (exact) mass is 276 g/mol. The Hall–Kier alpha value is -1.90. The van der Waals surface area contributed by atoms with E-state index in [1.165, 1.54) is 23.1 Å². The molecule has 1 atom stereocenters. The highest BCUT2D eigenvalue weighted by atomic mass is 19.1. The lowest BCUT2D eigenvalue weighted by Crippen LogP contribution is -2.37. The van der Waals surface area contributed by atoms with Crippen molar-refractivity contribution in [1.29, 1.82) is 0 Å². The number of hydrogen-bond acceptors (Lipinski definition) is 3. The van der Waals surface area contributed by atoms with E-state index in [1.807, 2.05) is 0 Å². The Kier molecular flexibility index (Phi) is 4.72. The van der Waals surface area contributed by atoms with Crippen molar-refractivity contribution in [3.05, 3.63) is 35.1 Å². The topological polar surface area (TPSA) is 55.6 Å². The van der Waals surface area contributed by atoms with Crippen LogP contribution in [-0.2, 0) is 4.74 Å². The molecule has 1 amide bonds. The molecule has 1 aromatic carbocycles. The minimum Gasteiger partial charge on any atom is -0.379 e. The summed E-state index contributed by atoms with van der Waals surface area (Å²) in [5, 5.41) is 0. The first-order chi connectivity index (χ1) is 9.63. The smallest absolute Gasteiger partial charge is 0.256 e. The number of carbonyl (C=O) groups is 1. The maximum Gasteiger partial charge on any atom is 0.256 e. The number of nitrogens with two attached hydrogens (primary N) is 1. The largest absolute Gasteiger partial charge is 0.379 e. The maximum absolute atomic E-state index is 13.8. The van der Waals surface area contributed by atoms with Crippen LogP contribution in [0, 0.1) is 17.7 Å². The molecular weight excluding hydrogens is 259 g/mol. The normalized spacial score (nSPS) is 17.4. The van der Waals surface area contributed by atoms with Crippen molar-refractivity contribution >= 4 is 5.91 Å². The number of ether oxygens (including phenoxy) is 1. The van der Waals surface area contributed by atoms with Crippen molar-refractivity contribution in [2.24, 2.45) is 5.73 Å². The average molecular weight is 276 g/mol. The molecule has 2 N–H and O–H groups in total. The molecule has 4 nitrogen and oxygen atoms in total. The fraction of sp³-hybridized carbons (Fsp3) is 0.400. The van der Waals surface area contributed by atoms with E-state index >= 15 is 0 Å². The van der Waals surface area contributed by atoms with Gasteiger partial charge in [0, 0.05) is 19.2 Å². The van der Waals surface area contributed by atoms with Crippen LogP contribution in [0.2, 0.25) is 0 Å². The summed E-state index contributed by atoms with van der Waals surface area (Å²) in [4.78, 5) is 13.9. The predicted octanol–water partition coefficient (Wildman–Crippen LogP) is 0.997. The highest BCUT2D eigenvalue weighted by Gasteiger charge is 2.26. The van der Waals surface area contributed by atoms with Crippen LogP contribution in [0.1, 0.15) is 22.3 Å². The van der Waals surface area contributed by atoms with Crippen molar-refractivity contribution in [1.82, 2.24) is 4.90 Å². The van der Waals surface area contributed by atoms with E-state index in [1.54, 1.807) is 7.05 Å². The van der Waals surface area contributed by atoms with Gasteiger partial charge in [-0.05, 0) is 24.6 Å². The van der Waals surface area contributed by atoms with Crippen LogP contribution in [-0.4, -0.2) is 43.7 Å². The van der Waals surface area contributed by atoms with E-state index in [2.05, 4.69) is 11.8 Å². The summed E-state index contributed by atoms with van der Waals surface area (Å²) in [7, 11) is 1.67. The number of nitrogens with zero attached hydrogens (tertiary/aromatic N) is 1. The van der Waals surface area contributed by atoms with Crippen LogP contribution in [0.15, 0.2) is 18.2 Å². The van der Waals surface area contributed by atoms with Crippen molar-refractivity contribution in [3.8, 4) is 11.8 Å². The van der Waals surface area contributed by atoms with Crippen LogP contribution in [0.25, 0.3) is 0 Å². The van der Waals surface area contributed by atoms with E-state index in [4.69, 9.17) is 10.5 Å². The molecule has 1 aliphatic heterocycles. The second kappa shape index (κ2) is 6.51. The molecule has 0 aliphatic carbocycles. The molecule has 1 aliphatic rings. The molecule has 1 unspecified atom stereocenters. The Morgan fingerprint density at radius 1 is 1.60 bits per heavy atom. The van der Waals surface area contributed by atoms with Crippen LogP contribution in [0.5, 0.6) is 0 Å². The molecule has 1 fully saturated rings. The highest BCUT2D eigenvalue weighted by molar-refractivity contribution is 5.95. The van der Waals surface area contributed by atoms with Gasteiger partial charge in [-0.2, -0.15) is 0 Å². The molecule has 106 valence electrons. The zero-order chi connectivity index (χ0) is 14.5. The van der Waals surface area contributed by atoms with Crippen LogP contribution in [0.4, 0.5) is 4.39 Å². The van der Waals surface area contributed by atoms with Gasteiger partial charge in [0.2, 0.25) is 0 Å². The summed E-state index contributed by atoms with van der Waals surface area (Å²) in [6.45, 7) is 1.35. The summed E-state index contributed by atoms with van der Waals surface area (Å²) in [5.41, 5.74) is 5.91. The Balaban J connectivity index is 2.23. The minimum atomic E-state index is -0.543. The van der Waals surface area contributed by atoms with Gasteiger partial charge in [-0.15, -0.1) is 0 Å². The van der Waals surface area contributed by atoms with Crippen molar-refractivity contribution in [3.63, 3.8) is 0 Å². The van der Waals surface area contributed by atoms with Crippen molar-refractivity contribution in [2.45, 2.75) is 12.5 Å². The van der Waals surface area contributed by atoms with Crippen LogP contribution >= 0.6 is 0 Å². The number of benzene rings is 1. The fourth-order valence-electron chi connectivity index (χ4n) is 2.10. The van der Waals surface area contributed by atoms with E-state index in [0.717, 1.165) is 6.42 Å². The first kappa shape index (κ1) is 14.5. The van der Waals surface area contributed by atoms with Gasteiger partial charge in [-0.1, -0.05) is 11.8 Å². The molecule has 1 saturated heterocycles. The Morgan fingerprint density at radius 3 is 3.05 bits per heavy atom. The van der Waals surface area contributed by atoms with Crippen LogP contribution < -0.4 is 5.73 Å². The lowest BCUT2D eigenvalue weighted by molar-refractivity contribution is 0.0706. The molecule has 1 aromatic rings. The summed E-state index contributed by atoms with van der Waals surface area (Å²) in [6, 6.07) is 4.26. The third-order valence-corrected chi connectivity index (χ3v) is 3.31. The molecule has 0 bridgehead atoms. The van der Waals surface area contributed by atoms with E-state index in [-0.39, 0.29) is 24.1 Å². The van der Waals surface area contributed by atoms with Crippen molar-refractivity contribution in [2.75, 3.05) is 26.8 Å². The number of rotatable bonds is 2. The predicted molar refractivity (Wildman–Crippen MR) is 73.6 cm³/mol. The molecule has 0 spiro atoms. The highest BCUT2D eigenvalue weighted by Crippen LogP contribution is 2.17. The average Bonchev–Trinajstić information content (AvgIpc) is 2.99. The maximum atomic E-state index is 13.8. The molecule has 1 heterocycles. The quantitative estimate of drug-likeness (QED) is 0.820. The third-order valence-electron chi connectivity index (χ3n) is 3.31. The van der Waals surface area contributed by atoms with E-state index < -0.39 is 5.82 Å². The zero-order valence-electron chi connectivity index (χ0n) is 11.4. The summed E-state index contributed by atoms with van der Waals surface area (Å²) in [6.07, 6.45) is 0.774. The van der Waals surface area contributed by atoms with Crippen LogP contribution in [0.3, 0.4) is 0 Å². The summed E-state index contributed by atoms with van der Waals surface area (Å²) >= 11 is 0. The Morgan fingerprint density at radius 2 is 2.40 bits per heavy atom. The number of halogens is 1. The van der Waals surface area contributed by atoms with Gasteiger partial charge >= 0.3 is 0 Å². The number of carbonyl (C=O) groups excluding carboxylic acids is 1. The Labute approximate surface area is 117 Å². The molecular formula is C15H17FN2O2. The lowest BCUT2D eigenvalue weighted by Gasteiger charge is -2.23. The van der Waals surface area contributed by atoms with Gasteiger partial charge in [0.1, 0.15) is 5.82 Å². The SMILES string of the molecule is CN(C(=O)c1cc(C#CCN)ccc1F)C1CCOC1. The molecule has 2 rings (SSSR count). The van der Waals surface area contributed by atoms with Gasteiger partial charge in [-0.3, -0.25) is 4.79 Å². The van der Waals surface area contributed by atoms with Gasteiger partial charge < -0.3 is 15.4 Å². The van der Waals surface area contributed by atoms with Gasteiger partial charge in [0.25, 0.3) is 5.91 Å². The molecule has 5 heteroatoms. The van der Waals surface area contributed by atoms with Gasteiger partial charge in [0.05, 0.1) is 24.8 Å². The summed E-state index contributed by atoms with van der Waals surface area (Å²) < 4.78 is 19.1. The Bertz CT molecular complexity index is 557. The number of amides is 1. The number of likely N-dealkylation sites (N-methyl/N-ethyl adjacent to an activating group) is 1. The minimum absolute atomic E-state index is 0.000632. The molecule has 0 radical (unpaired) electrons. The lowest BCUT2D eigenvalue weighted by atomic mass is 10.1. The summed E-state index contributed by atoms with van der Waals surface area (Å²) in [5.74, 6) is 4.59. The molecule has 0 aromatic heterocycles. The fourth-order valence-corrected chi connectivity index (χ4v) is 2.10. The van der Waals surface area contributed by atoms with Gasteiger partial charge in [0.15, 0.2) is 0 Å². The van der Waals surface area contributed by atoms with E-state index in [9.17, 15) is 9.18 Å².